The summed E-state index contributed by atoms with van der Waals surface area (Å²) < 4.78 is 0. The van der Waals surface area contributed by atoms with E-state index in [4.69, 9.17) is 10.2 Å². The van der Waals surface area contributed by atoms with E-state index in [0.29, 0.717) is 0 Å². The number of rotatable bonds is 13. The monoisotopic (exact) mass is 286 g/mol. The van der Waals surface area contributed by atoms with Crippen LogP contribution in [0.4, 0.5) is 0 Å². The van der Waals surface area contributed by atoms with E-state index in [1.54, 1.807) is 0 Å². The van der Waals surface area contributed by atoms with Crippen LogP contribution in [0.1, 0.15) is 84.0 Å². The van der Waals surface area contributed by atoms with Crippen LogP contribution in [-0.4, -0.2) is 21.3 Å². The van der Waals surface area contributed by atoms with E-state index in [1.807, 2.05) is 0 Å². The highest BCUT2D eigenvalue weighted by atomic mass is 16.4. The van der Waals surface area contributed by atoms with E-state index >= 15 is 0 Å². The Labute approximate surface area is 122 Å². The smallest absolute Gasteiger partial charge is 0.374 e. The van der Waals surface area contributed by atoms with E-state index in [9.17, 15) is 9.90 Å². The molecule has 0 spiro atoms. The number of aliphatic hydroxyl groups is 2. The predicted octanol–water partition coefficient (Wildman–Crippen LogP) is 5.10. The molecule has 0 aromatic carbocycles. The third-order valence-electron chi connectivity index (χ3n) is 3.49. The molecule has 0 radical (unpaired) electrons. The molecule has 0 heterocycles. The van der Waals surface area contributed by atoms with Gasteiger partial charge in [-0.25, -0.2) is 4.79 Å². The zero-order chi connectivity index (χ0) is 15.2. The summed E-state index contributed by atoms with van der Waals surface area (Å²) in [5.74, 6) is -2.80. The van der Waals surface area contributed by atoms with E-state index < -0.39 is 17.5 Å². The third kappa shape index (κ3) is 10.7. The minimum absolute atomic E-state index is 0.245. The molecule has 20 heavy (non-hydrogen) atoms. The quantitative estimate of drug-likeness (QED) is 0.250. The van der Waals surface area contributed by atoms with Crippen molar-refractivity contribution in [2.75, 3.05) is 0 Å². The second kappa shape index (κ2) is 12.8. The van der Waals surface area contributed by atoms with E-state index in [2.05, 4.69) is 6.92 Å². The van der Waals surface area contributed by atoms with Gasteiger partial charge in [0.05, 0.1) is 0 Å². The largest absolute Gasteiger partial charge is 0.508 e. The van der Waals surface area contributed by atoms with Crippen LogP contribution >= 0.6 is 0 Å². The van der Waals surface area contributed by atoms with Crippen molar-refractivity contribution >= 4 is 5.97 Å². The molecule has 0 rings (SSSR count). The van der Waals surface area contributed by atoms with Gasteiger partial charge in [-0.15, -0.1) is 0 Å². The van der Waals surface area contributed by atoms with Crippen LogP contribution in [0.2, 0.25) is 0 Å². The Morgan fingerprint density at radius 2 is 1.10 bits per heavy atom. The van der Waals surface area contributed by atoms with Gasteiger partial charge in [-0.05, 0) is 6.42 Å². The van der Waals surface area contributed by atoms with Gasteiger partial charge in [0.15, 0.2) is 0 Å². The van der Waals surface area contributed by atoms with Crippen molar-refractivity contribution in [3.8, 4) is 0 Å². The van der Waals surface area contributed by atoms with Gasteiger partial charge in [0.25, 0.3) is 0 Å². The predicted molar refractivity (Wildman–Crippen MR) is 81.0 cm³/mol. The van der Waals surface area contributed by atoms with Crippen LogP contribution in [0.5, 0.6) is 0 Å². The Kier molecular flexibility index (Phi) is 12.1. The third-order valence-corrected chi connectivity index (χ3v) is 3.49. The maximum Gasteiger partial charge on any atom is 0.374 e. The molecular formula is C16H30O4. The summed E-state index contributed by atoms with van der Waals surface area (Å²) in [6.07, 6.45) is 13.5. The van der Waals surface area contributed by atoms with Crippen molar-refractivity contribution in [2.24, 2.45) is 0 Å². The van der Waals surface area contributed by atoms with Crippen molar-refractivity contribution < 1.29 is 20.1 Å². The molecule has 0 bridgehead atoms. The molecule has 0 aliphatic carbocycles. The average Bonchev–Trinajstić information content (AvgIpc) is 2.43. The Bertz CT molecular complexity index is 284. The minimum atomic E-state index is -1.47. The second-order valence-electron chi connectivity index (χ2n) is 5.39. The maximum atomic E-state index is 10.4. The van der Waals surface area contributed by atoms with Gasteiger partial charge in [0, 0.05) is 6.42 Å². The number of carbonyl (C=O) groups is 1. The molecule has 0 aromatic heterocycles. The van der Waals surface area contributed by atoms with Crippen LogP contribution < -0.4 is 0 Å². The van der Waals surface area contributed by atoms with Gasteiger partial charge < -0.3 is 15.3 Å². The Hall–Kier alpha value is -1.19. The molecule has 0 unspecified atom stereocenters. The van der Waals surface area contributed by atoms with E-state index in [1.165, 1.54) is 51.4 Å². The number of hydrogen-bond acceptors (Lipinski definition) is 3. The van der Waals surface area contributed by atoms with Crippen molar-refractivity contribution in [1.29, 1.82) is 0 Å². The molecular weight excluding hydrogens is 256 g/mol. The second-order valence-corrected chi connectivity index (χ2v) is 5.39. The lowest BCUT2D eigenvalue weighted by molar-refractivity contribution is -0.135. The minimum Gasteiger partial charge on any atom is -0.508 e. The average molecular weight is 286 g/mol. The summed E-state index contributed by atoms with van der Waals surface area (Å²) >= 11 is 0. The topological polar surface area (TPSA) is 77.8 Å². The molecule has 0 saturated heterocycles. The molecule has 0 atom stereocenters. The Morgan fingerprint density at radius 1 is 0.700 bits per heavy atom. The van der Waals surface area contributed by atoms with Gasteiger partial charge in [0.2, 0.25) is 5.76 Å². The highest BCUT2D eigenvalue weighted by Gasteiger charge is 2.10. The van der Waals surface area contributed by atoms with Gasteiger partial charge in [-0.3, -0.25) is 0 Å². The van der Waals surface area contributed by atoms with Crippen LogP contribution in [0.15, 0.2) is 11.5 Å². The highest BCUT2D eigenvalue weighted by Crippen LogP contribution is 2.14. The van der Waals surface area contributed by atoms with Gasteiger partial charge in [-0.2, -0.15) is 0 Å². The number of hydrogen-bond donors (Lipinski definition) is 3. The zero-order valence-corrected chi connectivity index (χ0v) is 12.7. The fourth-order valence-corrected chi connectivity index (χ4v) is 2.20. The van der Waals surface area contributed by atoms with Crippen LogP contribution in [0.3, 0.4) is 0 Å². The number of carboxylic acids is 1. The number of allylic oxidation sites excluding steroid dienone is 1. The Morgan fingerprint density at radius 3 is 1.50 bits per heavy atom. The number of aliphatic hydroxyl groups excluding tert-OH is 2. The number of carboxylic acid groups (broad SMARTS) is 1. The normalized spacial score (nSPS) is 12.2. The first-order chi connectivity index (χ1) is 9.59. The molecule has 0 fully saturated rings. The number of unbranched alkanes of at least 4 members (excludes halogenated alkanes) is 10. The fourth-order valence-electron chi connectivity index (χ4n) is 2.20. The molecule has 4 nitrogen and oxygen atoms in total. The van der Waals surface area contributed by atoms with Crippen molar-refractivity contribution in [3.05, 3.63) is 11.5 Å². The Balaban J connectivity index is 3.33. The summed E-state index contributed by atoms with van der Waals surface area (Å²) in [4.78, 5) is 10.4. The van der Waals surface area contributed by atoms with Gasteiger partial charge >= 0.3 is 5.97 Å². The van der Waals surface area contributed by atoms with Crippen molar-refractivity contribution in [1.82, 2.24) is 0 Å². The highest BCUT2D eigenvalue weighted by molar-refractivity contribution is 5.84. The summed E-state index contributed by atoms with van der Waals surface area (Å²) in [6.45, 7) is 2.23. The molecule has 0 amide bonds. The first-order valence-corrected chi connectivity index (χ1v) is 7.94. The molecule has 0 saturated carbocycles. The van der Waals surface area contributed by atoms with Crippen molar-refractivity contribution in [2.45, 2.75) is 84.0 Å². The van der Waals surface area contributed by atoms with E-state index in [0.717, 1.165) is 19.3 Å². The zero-order valence-electron chi connectivity index (χ0n) is 12.7. The lowest BCUT2D eigenvalue weighted by Gasteiger charge is -2.03. The van der Waals surface area contributed by atoms with Gasteiger partial charge in [0.1, 0.15) is 5.76 Å². The lowest BCUT2D eigenvalue weighted by Crippen LogP contribution is -2.03. The van der Waals surface area contributed by atoms with Crippen LogP contribution in [0.25, 0.3) is 0 Å². The maximum absolute atomic E-state index is 10.4. The van der Waals surface area contributed by atoms with Crippen LogP contribution in [0, 0.1) is 0 Å². The molecule has 0 aromatic rings. The molecule has 4 heteroatoms. The summed E-state index contributed by atoms with van der Waals surface area (Å²) in [5.41, 5.74) is 0. The first-order valence-electron chi connectivity index (χ1n) is 7.94. The first kappa shape index (κ1) is 18.8. The summed E-state index contributed by atoms with van der Waals surface area (Å²) in [7, 11) is 0. The van der Waals surface area contributed by atoms with E-state index in [-0.39, 0.29) is 6.42 Å². The molecule has 3 N–H and O–H groups in total. The van der Waals surface area contributed by atoms with Crippen molar-refractivity contribution in [3.63, 3.8) is 0 Å². The summed E-state index contributed by atoms with van der Waals surface area (Å²) in [5, 5.41) is 26.7. The molecule has 0 aliphatic heterocycles. The van der Waals surface area contributed by atoms with Gasteiger partial charge in [-0.1, -0.05) is 71.1 Å². The standard InChI is InChI=1S/C16H30O4/c1-2-3-4-5-6-7-8-9-10-11-12-13-14(17)15(18)16(19)20/h17-18H,2-13H2,1H3,(H,19,20). The van der Waals surface area contributed by atoms with Crippen LogP contribution in [-0.2, 0) is 4.79 Å². The molecule has 0 aliphatic rings. The molecule has 118 valence electrons. The lowest BCUT2D eigenvalue weighted by atomic mass is 10.0. The fraction of sp³-hybridized carbons (Fsp3) is 0.812. The number of aliphatic carboxylic acids is 1. The SMILES string of the molecule is CCCCCCCCCCCCCC(O)=C(O)C(=O)O. The summed E-state index contributed by atoms with van der Waals surface area (Å²) in [6, 6.07) is 0.